The highest BCUT2D eigenvalue weighted by atomic mass is 79.9. The van der Waals surface area contributed by atoms with Crippen molar-refractivity contribution in [3.63, 3.8) is 0 Å². The number of nitrogens with one attached hydrogen (secondary N) is 1. The van der Waals surface area contributed by atoms with E-state index in [-0.39, 0.29) is 0 Å². The molecule has 0 fully saturated rings. The molecular formula is C15H22BrNO3. The fourth-order valence-corrected chi connectivity index (χ4v) is 2.35. The van der Waals surface area contributed by atoms with Crippen molar-refractivity contribution in [1.82, 2.24) is 5.32 Å². The lowest BCUT2D eigenvalue weighted by Crippen LogP contribution is -2.19. The second kappa shape index (κ2) is 9.00. The van der Waals surface area contributed by atoms with E-state index in [1.54, 1.807) is 14.2 Å². The highest BCUT2D eigenvalue weighted by molar-refractivity contribution is 9.10. The van der Waals surface area contributed by atoms with Crippen LogP contribution in [0, 0.1) is 0 Å². The Hall–Kier alpha value is -1.04. The van der Waals surface area contributed by atoms with E-state index >= 15 is 0 Å². The van der Waals surface area contributed by atoms with Crippen molar-refractivity contribution < 1.29 is 14.2 Å². The van der Waals surface area contributed by atoms with Crippen molar-refractivity contribution in [2.75, 3.05) is 34.0 Å². The van der Waals surface area contributed by atoms with Gasteiger partial charge in [0.25, 0.3) is 0 Å². The molecule has 0 saturated heterocycles. The Kier molecular flexibility index (Phi) is 7.65. The SMILES string of the molecule is C=C(C)COCCNCc1cc(Br)c(OC)c(OC)c1. The summed E-state index contributed by atoms with van der Waals surface area (Å²) < 4.78 is 16.9. The van der Waals surface area contributed by atoms with Crippen LogP contribution in [-0.4, -0.2) is 34.0 Å². The first-order valence-electron chi connectivity index (χ1n) is 6.41. The van der Waals surface area contributed by atoms with Crippen LogP contribution in [0.2, 0.25) is 0 Å². The van der Waals surface area contributed by atoms with Crippen molar-refractivity contribution in [2.45, 2.75) is 13.5 Å². The highest BCUT2D eigenvalue weighted by Crippen LogP contribution is 2.36. The van der Waals surface area contributed by atoms with Gasteiger partial charge < -0.3 is 19.5 Å². The van der Waals surface area contributed by atoms with Gasteiger partial charge in [-0.3, -0.25) is 0 Å². The maximum Gasteiger partial charge on any atom is 0.174 e. The van der Waals surface area contributed by atoms with Crippen LogP contribution in [0.25, 0.3) is 0 Å². The molecule has 5 heteroatoms. The number of ether oxygens (including phenoxy) is 3. The highest BCUT2D eigenvalue weighted by Gasteiger charge is 2.10. The fraction of sp³-hybridized carbons (Fsp3) is 0.467. The van der Waals surface area contributed by atoms with Gasteiger partial charge >= 0.3 is 0 Å². The molecule has 0 bridgehead atoms. The van der Waals surface area contributed by atoms with Gasteiger partial charge in [0.2, 0.25) is 0 Å². The summed E-state index contributed by atoms with van der Waals surface area (Å²) in [5.74, 6) is 1.43. The summed E-state index contributed by atoms with van der Waals surface area (Å²) in [6, 6.07) is 3.98. The lowest BCUT2D eigenvalue weighted by atomic mass is 10.2. The molecule has 0 spiro atoms. The van der Waals surface area contributed by atoms with E-state index in [2.05, 4.69) is 27.8 Å². The lowest BCUT2D eigenvalue weighted by molar-refractivity contribution is 0.157. The number of benzene rings is 1. The lowest BCUT2D eigenvalue weighted by Gasteiger charge is -2.12. The molecule has 0 amide bonds. The molecule has 0 unspecified atom stereocenters. The summed E-state index contributed by atoms with van der Waals surface area (Å²) in [7, 11) is 3.26. The van der Waals surface area contributed by atoms with E-state index in [0.717, 1.165) is 34.4 Å². The van der Waals surface area contributed by atoms with E-state index in [4.69, 9.17) is 14.2 Å². The van der Waals surface area contributed by atoms with Crippen LogP contribution >= 0.6 is 15.9 Å². The zero-order valence-electron chi connectivity index (χ0n) is 12.3. The molecule has 1 aromatic carbocycles. The standard InChI is InChI=1S/C15H22BrNO3/c1-11(2)10-20-6-5-17-9-12-7-13(16)15(19-4)14(8-12)18-3/h7-8,17H,1,5-6,9-10H2,2-4H3. The molecule has 112 valence electrons. The van der Waals surface area contributed by atoms with Crippen LogP contribution in [0.1, 0.15) is 12.5 Å². The Balaban J connectivity index is 2.44. The predicted octanol–water partition coefficient (Wildman–Crippen LogP) is 3.15. The molecule has 0 heterocycles. The molecule has 20 heavy (non-hydrogen) atoms. The quantitative estimate of drug-likeness (QED) is 0.552. The van der Waals surface area contributed by atoms with E-state index in [9.17, 15) is 0 Å². The maximum atomic E-state index is 5.42. The molecule has 0 aliphatic heterocycles. The maximum absolute atomic E-state index is 5.42. The van der Waals surface area contributed by atoms with E-state index in [1.165, 1.54) is 0 Å². The summed E-state index contributed by atoms with van der Waals surface area (Å²) in [4.78, 5) is 0. The Labute approximate surface area is 129 Å². The van der Waals surface area contributed by atoms with Gasteiger partial charge in [-0.05, 0) is 40.5 Å². The normalized spacial score (nSPS) is 10.4. The third-order valence-electron chi connectivity index (χ3n) is 2.59. The summed E-state index contributed by atoms with van der Waals surface area (Å²) in [5, 5.41) is 3.32. The van der Waals surface area contributed by atoms with Crippen LogP contribution in [0.4, 0.5) is 0 Å². The number of hydrogen-bond donors (Lipinski definition) is 1. The van der Waals surface area contributed by atoms with Gasteiger partial charge in [-0.1, -0.05) is 12.2 Å². The van der Waals surface area contributed by atoms with Gasteiger partial charge in [0.1, 0.15) is 0 Å². The number of hydrogen-bond acceptors (Lipinski definition) is 4. The van der Waals surface area contributed by atoms with Crippen molar-refractivity contribution in [3.05, 3.63) is 34.3 Å². The minimum absolute atomic E-state index is 0.615. The Morgan fingerprint density at radius 2 is 2.05 bits per heavy atom. The largest absolute Gasteiger partial charge is 0.493 e. The topological polar surface area (TPSA) is 39.7 Å². The zero-order valence-corrected chi connectivity index (χ0v) is 13.9. The minimum atomic E-state index is 0.615. The smallest absolute Gasteiger partial charge is 0.174 e. The average molecular weight is 344 g/mol. The second-order valence-corrected chi connectivity index (χ2v) is 5.35. The number of methoxy groups -OCH3 is 2. The third kappa shape index (κ3) is 5.53. The summed E-state index contributed by atoms with van der Waals surface area (Å²) in [6.45, 7) is 8.56. The molecule has 1 rings (SSSR count). The first kappa shape index (κ1) is 17.0. The van der Waals surface area contributed by atoms with Crippen molar-refractivity contribution in [2.24, 2.45) is 0 Å². The predicted molar refractivity (Wildman–Crippen MR) is 84.6 cm³/mol. The second-order valence-electron chi connectivity index (χ2n) is 4.50. The fourth-order valence-electron chi connectivity index (χ4n) is 1.70. The van der Waals surface area contributed by atoms with Crippen molar-refractivity contribution >= 4 is 15.9 Å². The van der Waals surface area contributed by atoms with Crippen LogP contribution in [0.5, 0.6) is 11.5 Å². The Morgan fingerprint density at radius 1 is 1.30 bits per heavy atom. The van der Waals surface area contributed by atoms with Gasteiger partial charge in [-0.2, -0.15) is 0 Å². The van der Waals surface area contributed by atoms with Crippen LogP contribution in [0.3, 0.4) is 0 Å². The molecule has 1 aromatic rings. The average Bonchev–Trinajstić information content (AvgIpc) is 2.41. The van der Waals surface area contributed by atoms with Crippen LogP contribution in [0.15, 0.2) is 28.8 Å². The van der Waals surface area contributed by atoms with Gasteiger partial charge in [-0.15, -0.1) is 0 Å². The number of halogens is 1. The molecule has 0 aliphatic carbocycles. The molecular weight excluding hydrogens is 322 g/mol. The summed E-state index contributed by atoms with van der Waals surface area (Å²) >= 11 is 3.48. The zero-order chi connectivity index (χ0) is 15.0. The molecule has 0 radical (unpaired) electrons. The molecule has 0 aromatic heterocycles. The molecule has 0 aliphatic rings. The van der Waals surface area contributed by atoms with Gasteiger partial charge in [0, 0.05) is 13.1 Å². The Morgan fingerprint density at radius 3 is 2.65 bits per heavy atom. The van der Waals surface area contributed by atoms with Crippen molar-refractivity contribution in [3.8, 4) is 11.5 Å². The van der Waals surface area contributed by atoms with Crippen LogP contribution in [-0.2, 0) is 11.3 Å². The van der Waals surface area contributed by atoms with Crippen molar-refractivity contribution in [1.29, 1.82) is 0 Å². The van der Waals surface area contributed by atoms with E-state index in [0.29, 0.717) is 19.0 Å². The first-order chi connectivity index (χ1) is 9.58. The number of rotatable bonds is 9. The van der Waals surface area contributed by atoms with Gasteiger partial charge in [0.05, 0.1) is 31.9 Å². The summed E-state index contributed by atoms with van der Waals surface area (Å²) in [6.07, 6.45) is 0. The van der Waals surface area contributed by atoms with E-state index in [1.807, 2.05) is 19.1 Å². The Bertz CT molecular complexity index is 449. The van der Waals surface area contributed by atoms with Gasteiger partial charge in [-0.25, -0.2) is 0 Å². The monoisotopic (exact) mass is 343 g/mol. The summed E-state index contributed by atoms with van der Waals surface area (Å²) in [5.41, 5.74) is 2.16. The first-order valence-corrected chi connectivity index (χ1v) is 7.21. The van der Waals surface area contributed by atoms with Crippen LogP contribution < -0.4 is 14.8 Å². The van der Waals surface area contributed by atoms with E-state index < -0.39 is 0 Å². The third-order valence-corrected chi connectivity index (χ3v) is 3.18. The minimum Gasteiger partial charge on any atom is -0.493 e. The molecule has 4 nitrogen and oxygen atoms in total. The molecule has 0 atom stereocenters. The molecule has 1 N–H and O–H groups in total. The molecule has 0 saturated carbocycles. The van der Waals surface area contributed by atoms with Gasteiger partial charge in [0.15, 0.2) is 11.5 Å².